The third kappa shape index (κ3) is 10.2. The zero-order valence-corrected chi connectivity index (χ0v) is 5.85. The van der Waals surface area contributed by atoms with Crippen molar-refractivity contribution in [2.24, 2.45) is 5.50 Å². The van der Waals surface area contributed by atoms with Crippen molar-refractivity contribution in [1.29, 1.82) is 0 Å². The topological polar surface area (TPSA) is 26.0 Å². The zero-order valence-electron chi connectivity index (χ0n) is 1.78. The van der Waals surface area contributed by atoms with E-state index in [2.05, 4.69) is 31.0 Å². The summed E-state index contributed by atoms with van der Waals surface area (Å²) in [7, 11) is 0. The second-order valence-corrected chi connectivity index (χ2v) is 8.22. The lowest BCUT2D eigenvalue weighted by atomic mass is 13.9. The molecule has 4 heteroatoms. The number of hydrogen-bond acceptors (Lipinski definition) is 1. The summed E-state index contributed by atoms with van der Waals surface area (Å²) in [6.07, 6.45) is 0. The number of halogens is 2. The Balaban J connectivity index is 2.32. The summed E-state index contributed by atoms with van der Waals surface area (Å²) in [5.41, 5.74) is 4.51. The van der Waals surface area contributed by atoms with E-state index in [0.717, 1.165) is 0 Å². The molecule has 0 radical (unpaired) electrons. The van der Waals surface area contributed by atoms with Crippen LogP contribution in [0, 0.1) is 0 Å². The highest BCUT2D eigenvalue weighted by atomic mass is 79.9. The van der Waals surface area contributed by atoms with Crippen molar-refractivity contribution in [3.63, 3.8) is 0 Å². The van der Waals surface area contributed by atoms with Gasteiger partial charge in [0.25, 0.3) is 0 Å². The van der Waals surface area contributed by atoms with Crippen LogP contribution in [0.4, 0.5) is 0 Å². The normalized spacial score (nSPS) is 9.00. The van der Waals surface area contributed by atoms with Crippen LogP contribution in [0.1, 0.15) is 0 Å². The van der Waals surface area contributed by atoms with Crippen molar-refractivity contribution >= 4 is 36.5 Å². The Morgan fingerprint density at radius 1 is 1.50 bits per heavy atom. The molecule has 0 saturated carbocycles. The fourth-order valence-electron chi connectivity index (χ4n) is 0. The number of rotatable bonds is 0. The molecule has 0 aromatic carbocycles. The molecule has 0 aliphatic rings. The van der Waals surface area contributed by atoms with E-state index in [1.54, 1.807) is 0 Å². The van der Waals surface area contributed by atoms with E-state index >= 15 is 0 Å². The molecule has 0 aliphatic carbocycles. The average molecular weight is 207 g/mol. The lowest BCUT2D eigenvalue weighted by Gasteiger charge is -1.75. The first-order chi connectivity index (χ1) is 1.73. The van der Waals surface area contributed by atoms with E-state index in [1.165, 1.54) is 0 Å². The molecule has 0 aromatic rings. The standard InChI is InChI=1S/Br2H2NP/c1-4(2)3/h3H2. The molecular weight excluding hydrogens is 205 g/mol. The Morgan fingerprint density at radius 3 is 1.50 bits per heavy atom. The van der Waals surface area contributed by atoms with Crippen molar-refractivity contribution in [2.75, 3.05) is 0 Å². The molecule has 0 atom stereocenters. The maximum absolute atomic E-state index is 5.01. The molecule has 0 amide bonds. The Kier molecular flexibility index (Phi) is 3.45. The third-order valence-corrected chi connectivity index (χ3v) is 0. The van der Waals surface area contributed by atoms with E-state index in [9.17, 15) is 0 Å². The minimum atomic E-state index is -0.495. The van der Waals surface area contributed by atoms with Gasteiger partial charge in [0.1, 0.15) is 5.48 Å². The zero-order chi connectivity index (χ0) is 3.58. The van der Waals surface area contributed by atoms with Crippen molar-refractivity contribution < 1.29 is 0 Å². The highest BCUT2D eigenvalue weighted by Crippen LogP contribution is 2.42. The predicted molar refractivity (Wildman–Crippen MR) is 29.0 cm³/mol. The lowest BCUT2D eigenvalue weighted by molar-refractivity contribution is 2.04. The van der Waals surface area contributed by atoms with Crippen LogP contribution in [-0.4, -0.2) is 0 Å². The smallest absolute Gasteiger partial charge is 0.102 e. The van der Waals surface area contributed by atoms with Gasteiger partial charge in [-0.2, -0.15) is 0 Å². The molecule has 0 spiro atoms. The Labute approximate surface area is 42.2 Å². The summed E-state index contributed by atoms with van der Waals surface area (Å²) >= 11 is 6.06. The first-order valence-corrected chi connectivity index (χ1v) is 6.04. The van der Waals surface area contributed by atoms with Gasteiger partial charge in [-0.25, -0.2) is 0 Å². The van der Waals surface area contributed by atoms with Crippen LogP contribution in [0.2, 0.25) is 0 Å². The van der Waals surface area contributed by atoms with Crippen LogP contribution in [0.15, 0.2) is 0 Å². The molecule has 0 saturated heterocycles. The second kappa shape index (κ2) is 2.58. The van der Waals surface area contributed by atoms with Gasteiger partial charge >= 0.3 is 0 Å². The van der Waals surface area contributed by atoms with Gasteiger partial charge in [0.2, 0.25) is 0 Å². The molecule has 0 aliphatic heterocycles. The van der Waals surface area contributed by atoms with E-state index in [0.29, 0.717) is 0 Å². The van der Waals surface area contributed by atoms with Gasteiger partial charge in [-0.05, 0) is 31.0 Å². The fraction of sp³-hybridized carbons (Fsp3) is 0. The minimum Gasteiger partial charge on any atom is -0.292 e. The maximum atomic E-state index is 5.01. The van der Waals surface area contributed by atoms with E-state index < -0.39 is 5.48 Å². The molecular formula is H2Br2NP. The quantitative estimate of drug-likeness (QED) is 0.603. The van der Waals surface area contributed by atoms with Crippen LogP contribution in [-0.2, 0) is 0 Å². The largest absolute Gasteiger partial charge is 0.292 e. The second-order valence-electron chi connectivity index (χ2n) is 0.259. The minimum absolute atomic E-state index is 0.495. The maximum Gasteiger partial charge on any atom is 0.102 e. The molecule has 0 aromatic heterocycles. The van der Waals surface area contributed by atoms with Crippen LogP contribution in [0.25, 0.3) is 0 Å². The van der Waals surface area contributed by atoms with Crippen LogP contribution >= 0.6 is 36.5 Å². The summed E-state index contributed by atoms with van der Waals surface area (Å²) < 4.78 is 0. The van der Waals surface area contributed by atoms with E-state index in [4.69, 9.17) is 5.50 Å². The van der Waals surface area contributed by atoms with Crippen molar-refractivity contribution in [1.82, 2.24) is 0 Å². The van der Waals surface area contributed by atoms with Crippen molar-refractivity contribution in [2.45, 2.75) is 0 Å². The number of hydrogen-bond donors (Lipinski definition) is 1. The molecule has 26 valence electrons. The van der Waals surface area contributed by atoms with Gasteiger partial charge in [-0.1, -0.05) is 0 Å². The number of nitrogens with two attached hydrogens (primary N) is 1. The van der Waals surface area contributed by atoms with Gasteiger partial charge in [-0.15, -0.1) is 0 Å². The van der Waals surface area contributed by atoms with Crippen LogP contribution in [0.5, 0.6) is 0 Å². The van der Waals surface area contributed by atoms with Gasteiger partial charge in [0.05, 0.1) is 0 Å². The molecule has 0 heterocycles. The monoisotopic (exact) mass is 205 g/mol. The highest BCUT2D eigenvalue weighted by Gasteiger charge is 1.73. The Hall–Kier alpha value is 1.35. The molecule has 4 heavy (non-hydrogen) atoms. The molecule has 0 fully saturated rings. The SMILES string of the molecule is NP(Br)Br. The van der Waals surface area contributed by atoms with Gasteiger partial charge in [-0.3, -0.25) is 5.50 Å². The summed E-state index contributed by atoms with van der Waals surface area (Å²) in [5.74, 6) is 0. The van der Waals surface area contributed by atoms with E-state index in [-0.39, 0.29) is 0 Å². The van der Waals surface area contributed by atoms with E-state index in [1.807, 2.05) is 0 Å². The fourth-order valence-corrected chi connectivity index (χ4v) is 0. The summed E-state index contributed by atoms with van der Waals surface area (Å²) in [4.78, 5) is 0. The average Bonchev–Trinajstić information content (AvgIpc) is 0.811. The molecule has 2 N–H and O–H groups in total. The first-order valence-electron chi connectivity index (χ1n) is 0.596. The Morgan fingerprint density at radius 2 is 1.50 bits per heavy atom. The van der Waals surface area contributed by atoms with Crippen molar-refractivity contribution in [3.05, 3.63) is 0 Å². The van der Waals surface area contributed by atoms with Gasteiger partial charge in [0.15, 0.2) is 0 Å². The third-order valence-electron chi connectivity index (χ3n) is 0. The van der Waals surface area contributed by atoms with Crippen LogP contribution < -0.4 is 5.50 Å². The first kappa shape index (κ1) is 5.35. The summed E-state index contributed by atoms with van der Waals surface area (Å²) in [6.45, 7) is 0. The molecule has 0 unspecified atom stereocenters. The Bertz CT molecular complexity index is 10.8. The van der Waals surface area contributed by atoms with Crippen molar-refractivity contribution in [3.8, 4) is 0 Å². The molecule has 0 rings (SSSR count). The molecule has 1 nitrogen and oxygen atoms in total. The molecule has 0 bridgehead atoms. The predicted octanol–water partition coefficient (Wildman–Crippen LogP) is 1.96. The summed E-state index contributed by atoms with van der Waals surface area (Å²) in [5, 5.41) is 0. The van der Waals surface area contributed by atoms with Gasteiger partial charge in [0, 0.05) is 0 Å². The highest BCUT2D eigenvalue weighted by molar-refractivity contribution is 9.69. The van der Waals surface area contributed by atoms with Gasteiger partial charge < -0.3 is 0 Å². The summed E-state index contributed by atoms with van der Waals surface area (Å²) in [6, 6.07) is 0. The van der Waals surface area contributed by atoms with Crippen LogP contribution in [0.3, 0.4) is 0 Å². The lowest BCUT2D eigenvalue weighted by Crippen LogP contribution is -1.62.